The average molecular weight is 283 g/mol. The molecule has 0 aliphatic heterocycles. The van der Waals surface area contributed by atoms with Crippen LogP contribution in [0.1, 0.15) is 12.6 Å². The molecule has 2 aromatic rings. The molecule has 3 nitrogen and oxygen atoms in total. The van der Waals surface area contributed by atoms with Crippen LogP contribution in [-0.4, -0.2) is 15.5 Å². The molecule has 0 atom stereocenters. The molecule has 1 N–H and O–H groups in total. The van der Waals surface area contributed by atoms with E-state index in [-0.39, 0.29) is 0 Å². The lowest BCUT2D eigenvalue weighted by molar-refractivity contribution is 0.252. The molecule has 2 rings (SSSR count). The van der Waals surface area contributed by atoms with Crippen molar-refractivity contribution in [1.29, 1.82) is 0 Å². The Morgan fingerprint density at radius 3 is 2.63 bits per heavy atom. The van der Waals surface area contributed by atoms with Gasteiger partial charge in [-0.3, -0.25) is 4.68 Å². The van der Waals surface area contributed by atoms with Gasteiger partial charge in [0.2, 0.25) is 0 Å². The summed E-state index contributed by atoms with van der Waals surface area (Å²) in [6.07, 6.45) is 1.77. The summed E-state index contributed by atoms with van der Waals surface area (Å²) in [7, 11) is 0. The molecule has 0 aliphatic carbocycles. The SMILES string of the molecule is CCn1nccc1CNc1ccc(SC(F)F)cc1. The van der Waals surface area contributed by atoms with E-state index < -0.39 is 5.76 Å². The third kappa shape index (κ3) is 3.96. The molecule has 0 radical (unpaired) electrons. The van der Waals surface area contributed by atoms with Gasteiger partial charge >= 0.3 is 0 Å². The summed E-state index contributed by atoms with van der Waals surface area (Å²) >= 11 is 0.554. The zero-order chi connectivity index (χ0) is 13.7. The lowest BCUT2D eigenvalue weighted by atomic mass is 10.3. The number of aryl methyl sites for hydroxylation is 1. The van der Waals surface area contributed by atoms with Crippen LogP contribution in [0.25, 0.3) is 0 Å². The molecule has 0 saturated heterocycles. The van der Waals surface area contributed by atoms with Gasteiger partial charge < -0.3 is 5.32 Å². The van der Waals surface area contributed by atoms with Crippen LogP contribution in [0.3, 0.4) is 0 Å². The highest BCUT2D eigenvalue weighted by Gasteiger charge is 2.05. The summed E-state index contributed by atoms with van der Waals surface area (Å²) < 4.78 is 26.3. The van der Waals surface area contributed by atoms with E-state index in [2.05, 4.69) is 10.4 Å². The Kier molecular flexibility index (Phi) is 4.79. The highest BCUT2D eigenvalue weighted by Crippen LogP contribution is 2.26. The van der Waals surface area contributed by atoms with Crippen molar-refractivity contribution in [2.75, 3.05) is 5.32 Å². The lowest BCUT2D eigenvalue weighted by Gasteiger charge is -2.08. The van der Waals surface area contributed by atoms with Crippen molar-refractivity contribution in [3.8, 4) is 0 Å². The smallest absolute Gasteiger partial charge is 0.288 e. The molecule has 0 saturated carbocycles. The number of alkyl halides is 2. The third-order valence-corrected chi connectivity index (χ3v) is 3.38. The first-order valence-electron chi connectivity index (χ1n) is 5.98. The van der Waals surface area contributed by atoms with Crippen LogP contribution in [0.15, 0.2) is 41.4 Å². The van der Waals surface area contributed by atoms with Gasteiger partial charge in [0.1, 0.15) is 0 Å². The molecule has 1 aromatic heterocycles. The van der Waals surface area contributed by atoms with Crippen molar-refractivity contribution in [2.45, 2.75) is 30.7 Å². The zero-order valence-electron chi connectivity index (χ0n) is 10.5. The van der Waals surface area contributed by atoms with E-state index in [9.17, 15) is 8.78 Å². The summed E-state index contributed by atoms with van der Waals surface area (Å²) in [5, 5.41) is 7.43. The number of nitrogens with one attached hydrogen (secondary N) is 1. The average Bonchev–Trinajstić information content (AvgIpc) is 2.84. The van der Waals surface area contributed by atoms with Crippen LogP contribution in [0, 0.1) is 0 Å². The highest BCUT2D eigenvalue weighted by atomic mass is 32.2. The quantitative estimate of drug-likeness (QED) is 0.817. The predicted molar refractivity (Wildman–Crippen MR) is 73.5 cm³/mol. The van der Waals surface area contributed by atoms with E-state index in [1.54, 1.807) is 30.5 Å². The fourth-order valence-corrected chi connectivity index (χ4v) is 2.24. The first-order chi connectivity index (χ1) is 9.19. The molecular weight excluding hydrogens is 268 g/mol. The normalized spacial score (nSPS) is 10.9. The minimum absolute atomic E-state index is 0.554. The number of nitrogens with zero attached hydrogens (tertiary/aromatic N) is 2. The van der Waals surface area contributed by atoms with Crippen molar-refractivity contribution >= 4 is 17.4 Å². The van der Waals surface area contributed by atoms with Crippen molar-refractivity contribution in [2.24, 2.45) is 0 Å². The monoisotopic (exact) mass is 283 g/mol. The molecule has 0 aliphatic rings. The van der Waals surface area contributed by atoms with E-state index in [0.29, 0.717) is 23.2 Å². The third-order valence-electron chi connectivity index (χ3n) is 2.66. The Labute approximate surface area is 115 Å². The molecular formula is C13H15F2N3S. The number of anilines is 1. The number of aromatic nitrogens is 2. The molecule has 1 aromatic carbocycles. The molecule has 0 spiro atoms. The summed E-state index contributed by atoms with van der Waals surface area (Å²) in [5.74, 6) is -2.38. The van der Waals surface area contributed by atoms with Gasteiger partial charge in [0, 0.05) is 23.3 Å². The molecule has 0 bridgehead atoms. The molecule has 0 fully saturated rings. The number of hydrogen-bond donors (Lipinski definition) is 1. The molecule has 0 amide bonds. The largest absolute Gasteiger partial charge is 0.379 e. The Morgan fingerprint density at radius 1 is 1.26 bits per heavy atom. The predicted octanol–water partition coefficient (Wildman–Crippen LogP) is 3.83. The van der Waals surface area contributed by atoms with Gasteiger partial charge in [-0.15, -0.1) is 0 Å². The van der Waals surface area contributed by atoms with Crippen molar-refractivity contribution < 1.29 is 8.78 Å². The molecule has 1 heterocycles. The van der Waals surface area contributed by atoms with Crippen LogP contribution in [0.4, 0.5) is 14.5 Å². The number of halogens is 2. The standard InChI is InChI=1S/C13H15F2N3S/c1-2-18-11(7-8-17-18)9-16-10-3-5-12(6-4-10)19-13(14)15/h3-8,13,16H,2,9H2,1H3. The van der Waals surface area contributed by atoms with Crippen molar-refractivity contribution in [3.63, 3.8) is 0 Å². The topological polar surface area (TPSA) is 29.9 Å². The van der Waals surface area contributed by atoms with Crippen LogP contribution in [0.5, 0.6) is 0 Å². The molecule has 0 unspecified atom stereocenters. The first-order valence-corrected chi connectivity index (χ1v) is 6.86. The second-order valence-corrected chi connectivity index (χ2v) is 4.96. The van der Waals surface area contributed by atoms with E-state index in [1.165, 1.54) is 0 Å². The maximum absolute atomic E-state index is 12.2. The van der Waals surface area contributed by atoms with Crippen molar-refractivity contribution in [1.82, 2.24) is 9.78 Å². The summed E-state index contributed by atoms with van der Waals surface area (Å²) in [5.41, 5.74) is 2.00. The number of hydrogen-bond acceptors (Lipinski definition) is 3. The van der Waals surface area contributed by atoms with E-state index in [0.717, 1.165) is 17.9 Å². The summed E-state index contributed by atoms with van der Waals surface area (Å²) in [6, 6.07) is 8.94. The van der Waals surface area contributed by atoms with Gasteiger partial charge in [-0.1, -0.05) is 11.8 Å². The van der Waals surface area contributed by atoms with Gasteiger partial charge in [-0.05, 0) is 37.3 Å². The number of rotatable bonds is 6. The Morgan fingerprint density at radius 2 is 2.00 bits per heavy atom. The van der Waals surface area contributed by atoms with E-state index in [4.69, 9.17) is 0 Å². The van der Waals surface area contributed by atoms with E-state index >= 15 is 0 Å². The van der Waals surface area contributed by atoms with Gasteiger partial charge in [0.25, 0.3) is 5.76 Å². The van der Waals surface area contributed by atoms with Crippen LogP contribution in [0.2, 0.25) is 0 Å². The molecule has 6 heteroatoms. The van der Waals surface area contributed by atoms with Gasteiger partial charge in [0.05, 0.1) is 12.2 Å². The fraction of sp³-hybridized carbons (Fsp3) is 0.308. The van der Waals surface area contributed by atoms with Crippen LogP contribution < -0.4 is 5.32 Å². The number of thioether (sulfide) groups is 1. The highest BCUT2D eigenvalue weighted by molar-refractivity contribution is 7.99. The number of benzene rings is 1. The Hall–Kier alpha value is -1.56. The maximum Gasteiger partial charge on any atom is 0.288 e. The second kappa shape index (κ2) is 6.56. The Balaban J connectivity index is 1.93. The molecule has 102 valence electrons. The first kappa shape index (κ1) is 13.9. The Bertz CT molecular complexity index is 511. The van der Waals surface area contributed by atoms with Crippen molar-refractivity contribution in [3.05, 3.63) is 42.2 Å². The minimum atomic E-state index is -2.38. The van der Waals surface area contributed by atoms with E-state index in [1.807, 2.05) is 17.7 Å². The summed E-state index contributed by atoms with van der Waals surface area (Å²) in [4.78, 5) is 0.569. The zero-order valence-corrected chi connectivity index (χ0v) is 11.3. The second-order valence-electron chi connectivity index (χ2n) is 3.89. The lowest BCUT2D eigenvalue weighted by Crippen LogP contribution is -2.07. The van der Waals surface area contributed by atoms with Crippen LogP contribution >= 0.6 is 11.8 Å². The van der Waals surface area contributed by atoms with Gasteiger partial charge in [-0.25, -0.2) is 0 Å². The fourth-order valence-electron chi connectivity index (χ4n) is 1.74. The minimum Gasteiger partial charge on any atom is -0.379 e. The molecule has 19 heavy (non-hydrogen) atoms. The maximum atomic E-state index is 12.2. The summed E-state index contributed by atoms with van der Waals surface area (Å²) in [6.45, 7) is 3.52. The van der Waals surface area contributed by atoms with Gasteiger partial charge in [-0.2, -0.15) is 13.9 Å². The van der Waals surface area contributed by atoms with Gasteiger partial charge in [0.15, 0.2) is 0 Å². The van der Waals surface area contributed by atoms with Crippen LogP contribution in [-0.2, 0) is 13.1 Å².